The first-order valence-corrected chi connectivity index (χ1v) is 9.64. The fraction of sp³-hybridized carbons (Fsp3) is 0.238. The topological polar surface area (TPSA) is 62.0 Å². The van der Waals surface area contributed by atoms with Crippen molar-refractivity contribution in [3.8, 4) is 0 Å². The molecule has 0 aliphatic carbocycles. The molecule has 134 valence electrons. The summed E-state index contributed by atoms with van der Waals surface area (Å²) in [7, 11) is 0. The number of amides is 1. The molecule has 0 atom stereocenters. The molecule has 0 radical (unpaired) electrons. The van der Waals surface area contributed by atoms with Crippen LogP contribution >= 0.6 is 11.8 Å². The van der Waals surface area contributed by atoms with Crippen LogP contribution in [0.1, 0.15) is 22.4 Å². The Morgan fingerprint density at radius 2 is 1.73 bits per heavy atom. The third kappa shape index (κ3) is 4.55. The maximum absolute atomic E-state index is 12.2. The summed E-state index contributed by atoms with van der Waals surface area (Å²) in [6.45, 7) is 5.99. The van der Waals surface area contributed by atoms with E-state index in [0.717, 1.165) is 33.6 Å². The molecule has 2 aromatic carbocycles. The molecule has 26 heavy (non-hydrogen) atoms. The van der Waals surface area contributed by atoms with Gasteiger partial charge in [-0.2, -0.15) is 0 Å². The summed E-state index contributed by atoms with van der Waals surface area (Å²) in [6.07, 6.45) is 0. The van der Waals surface area contributed by atoms with E-state index in [1.54, 1.807) is 6.07 Å². The second kappa shape index (κ2) is 7.79. The molecule has 0 spiro atoms. The molecule has 3 aromatic rings. The summed E-state index contributed by atoms with van der Waals surface area (Å²) in [5, 5.41) is 3.63. The number of rotatable bonds is 5. The number of benzene rings is 2. The van der Waals surface area contributed by atoms with Crippen LogP contribution in [0.15, 0.2) is 47.3 Å². The smallest absolute Gasteiger partial charge is 0.234 e. The van der Waals surface area contributed by atoms with Crippen molar-refractivity contribution < 1.29 is 4.79 Å². The Balaban J connectivity index is 1.61. The fourth-order valence-corrected chi connectivity index (χ4v) is 3.73. The lowest BCUT2D eigenvalue weighted by Gasteiger charge is -2.08. The summed E-state index contributed by atoms with van der Waals surface area (Å²) in [4.78, 5) is 27.7. The minimum Gasteiger partial charge on any atom is -0.357 e. The lowest BCUT2D eigenvalue weighted by Crippen LogP contribution is -2.14. The number of carbonyl (C=O) groups is 1. The van der Waals surface area contributed by atoms with Crippen molar-refractivity contribution in [3.05, 3.63) is 75.1 Å². The van der Waals surface area contributed by atoms with Crippen LogP contribution in [0.25, 0.3) is 10.9 Å². The lowest BCUT2D eigenvalue weighted by atomic mass is 10.1. The van der Waals surface area contributed by atoms with E-state index in [2.05, 4.69) is 16.4 Å². The zero-order chi connectivity index (χ0) is 18.7. The third-order valence-electron chi connectivity index (χ3n) is 4.04. The number of aromatic amines is 1. The second-order valence-corrected chi connectivity index (χ2v) is 7.61. The highest BCUT2D eigenvalue weighted by atomic mass is 32.2. The van der Waals surface area contributed by atoms with Crippen LogP contribution < -0.4 is 10.7 Å². The van der Waals surface area contributed by atoms with E-state index in [4.69, 9.17) is 0 Å². The molecule has 0 unspecified atom stereocenters. The van der Waals surface area contributed by atoms with Crippen molar-refractivity contribution in [2.45, 2.75) is 26.5 Å². The van der Waals surface area contributed by atoms with Gasteiger partial charge in [0, 0.05) is 34.1 Å². The highest BCUT2D eigenvalue weighted by Gasteiger charge is 2.06. The van der Waals surface area contributed by atoms with E-state index in [0.29, 0.717) is 16.9 Å². The maximum atomic E-state index is 12.2. The number of pyridine rings is 1. The average Bonchev–Trinajstić information content (AvgIpc) is 2.54. The molecule has 4 nitrogen and oxygen atoms in total. The lowest BCUT2D eigenvalue weighted by molar-refractivity contribution is -0.113. The van der Waals surface area contributed by atoms with Gasteiger partial charge in [0.25, 0.3) is 0 Å². The van der Waals surface area contributed by atoms with E-state index in [9.17, 15) is 9.59 Å². The summed E-state index contributed by atoms with van der Waals surface area (Å²) in [5.74, 6) is 0.874. The van der Waals surface area contributed by atoms with Crippen LogP contribution in [0.5, 0.6) is 0 Å². The Kier molecular flexibility index (Phi) is 5.47. The van der Waals surface area contributed by atoms with E-state index < -0.39 is 0 Å². The Labute approximate surface area is 157 Å². The van der Waals surface area contributed by atoms with Gasteiger partial charge >= 0.3 is 0 Å². The van der Waals surface area contributed by atoms with Gasteiger partial charge < -0.3 is 10.3 Å². The van der Waals surface area contributed by atoms with Gasteiger partial charge in [0.2, 0.25) is 5.91 Å². The normalized spacial score (nSPS) is 10.9. The Bertz CT molecular complexity index is 1000. The SMILES string of the molecule is Cc1cc(C)cc(NC(=O)CSCc2cc(=O)c3cc(C)ccc3[nH]2)c1. The van der Waals surface area contributed by atoms with Gasteiger partial charge in [-0.15, -0.1) is 11.8 Å². The number of aryl methyl sites for hydroxylation is 3. The van der Waals surface area contributed by atoms with Gasteiger partial charge in [-0.25, -0.2) is 0 Å². The molecule has 0 saturated carbocycles. The molecule has 1 heterocycles. The molecule has 0 aliphatic heterocycles. The molecule has 0 saturated heterocycles. The number of nitrogens with one attached hydrogen (secondary N) is 2. The van der Waals surface area contributed by atoms with Gasteiger partial charge in [0.15, 0.2) is 5.43 Å². The Morgan fingerprint density at radius 1 is 1.00 bits per heavy atom. The van der Waals surface area contributed by atoms with Crippen LogP contribution in [-0.4, -0.2) is 16.6 Å². The van der Waals surface area contributed by atoms with E-state index in [-0.39, 0.29) is 11.3 Å². The first-order chi connectivity index (χ1) is 12.4. The standard InChI is InChI=1S/C21H22N2O2S/c1-13-4-5-19-18(9-13)20(24)10-17(22-19)11-26-12-21(25)23-16-7-14(2)6-15(3)8-16/h4-10H,11-12H2,1-3H3,(H,22,24)(H,23,25). The van der Waals surface area contributed by atoms with Gasteiger partial charge in [-0.1, -0.05) is 17.7 Å². The molecule has 2 N–H and O–H groups in total. The number of aromatic nitrogens is 1. The van der Waals surface area contributed by atoms with E-state index >= 15 is 0 Å². The number of anilines is 1. The van der Waals surface area contributed by atoms with Crippen molar-refractivity contribution in [1.82, 2.24) is 4.98 Å². The summed E-state index contributed by atoms with van der Waals surface area (Å²) in [5.41, 5.74) is 5.80. The number of fused-ring (bicyclic) bond motifs is 1. The third-order valence-corrected chi connectivity index (χ3v) is 5.02. The molecule has 0 bridgehead atoms. The average molecular weight is 366 g/mol. The van der Waals surface area contributed by atoms with E-state index in [1.807, 2.05) is 51.1 Å². The first kappa shape index (κ1) is 18.3. The number of carbonyl (C=O) groups excluding carboxylic acids is 1. The predicted octanol–water partition coefficient (Wildman–Crippen LogP) is 4.33. The largest absolute Gasteiger partial charge is 0.357 e. The van der Waals surface area contributed by atoms with Gasteiger partial charge in [-0.3, -0.25) is 9.59 Å². The molecular weight excluding hydrogens is 344 g/mol. The van der Waals surface area contributed by atoms with Crippen molar-refractivity contribution in [2.75, 3.05) is 11.1 Å². The van der Waals surface area contributed by atoms with Crippen molar-refractivity contribution >= 4 is 34.3 Å². The minimum atomic E-state index is -0.0428. The summed E-state index contributed by atoms with van der Waals surface area (Å²) < 4.78 is 0. The molecule has 3 rings (SSSR count). The van der Waals surface area contributed by atoms with Crippen molar-refractivity contribution in [1.29, 1.82) is 0 Å². The number of hydrogen-bond acceptors (Lipinski definition) is 3. The molecule has 5 heteroatoms. The Morgan fingerprint density at radius 3 is 2.46 bits per heavy atom. The van der Waals surface area contributed by atoms with E-state index in [1.165, 1.54) is 11.8 Å². The summed E-state index contributed by atoms with van der Waals surface area (Å²) >= 11 is 1.48. The Hall–Kier alpha value is -2.53. The van der Waals surface area contributed by atoms with Crippen molar-refractivity contribution in [3.63, 3.8) is 0 Å². The quantitative estimate of drug-likeness (QED) is 0.707. The van der Waals surface area contributed by atoms with Crippen LogP contribution in [0.2, 0.25) is 0 Å². The highest BCUT2D eigenvalue weighted by Crippen LogP contribution is 2.16. The predicted molar refractivity (Wildman–Crippen MR) is 110 cm³/mol. The molecule has 0 aliphatic rings. The number of thioether (sulfide) groups is 1. The molecular formula is C21H22N2O2S. The molecule has 1 aromatic heterocycles. The zero-order valence-corrected chi connectivity index (χ0v) is 16.0. The maximum Gasteiger partial charge on any atom is 0.234 e. The first-order valence-electron chi connectivity index (χ1n) is 8.49. The number of hydrogen-bond donors (Lipinski definition) is 2. The second-order valence-electron chi connectivity index (χ2n) is 6.63. The van der Waals surface area contributed by atoms with Crippen LogP contribution in [-0.2, 0) is 10.5 Å². The minimum absolute atomic E-state index is 0.0118. The summed E-state index contributed by atoms with van der Waals surface area (Å²) in [6, 6.07) is 13.4. The van der Waals surface area contributed by atoms with Crippen LogP contribution in [0.4, 0.5) is 5.69 Å². The van der Waals surface area contributed by atoms with Gasteiger partial charge in [-0.05, 0) is 56.2 Å². The van der Waals surface area contributed by atoms with Crippen LogP contribution in [0.3, 0.4) is 0 Å². The van der Waals surface area contributed by atoms with Crippen LogP contribution in [0, 0.1) is 20.8 Å². The number of H-pyrrole nitrogens is 1. The van der Waals surface area contributed by atoms with Crippen molar-refractivity contribution in [2.24, 2.45) is 0 Å². The fourth-order valence-electron chi connectivity index (χ4n) is 2.99. The highest BCUT2D eigenvalue weighted by molar-refractivity contribution is 7.99. The van der Waals surface area contributed by atoms with Gasteiger partial charge in [0.1, 0.15) is 0 Å². The zero-order valence-electron chi connectivity index (χ0n) is 15.2. The molecule has 0 fully saturated rings. The van der Waals surface area contributed by atoms with Gasteiger partial charge in [0.05, 0.1) is 5.75 Å². The monoisotopic (exact) mass is 366 g/mol. The molecule has 1 amide bonds.